The molecule has 0 unspecified atom stereocenters. The fraction of sp³-hybridized carbons (Fsp3) is 0.810. The average Bonchev–Trinajstić information content (AvgIpc) is 2.93. The highest BCUT2D eigenvalue weighted by atomic mass is 28.4. The lowest BCUT2D eigenvalue weighted by Gasteiger charge is -2.39. The summed E-state index contributed by atoms with van der Waals surface area (Å²) >= 11 is 0. The molecule has 2 heterocycles. The Kier molecular flexibility index (Phi) is 7.15. The van der Waals surface area contributed by atoms with E-state index in [0.29, 0.717) is 13.0 Å². The Hall–Kier alpha value is -1.01. The van der Waals surface area contributed by atoms with Crippen molar-refractivity contribution >= 4 is 16.6 Å². The van der Waals surface area contributed by atoms with Crippen LogP contribution in [-0.4, -0.2) is 45.0 Å². The molecule has 7 nitrogen and oxygen atoms in total. The van der Waals surface area contributed by atoms with Crippen LogP contribution in [0, 0.1) is 0 Å². The van der Waals surface area contributed by atoms with Gasteiger partial charge in [-0.2, -0.15) is 0 Å². The van der Waals surface area contributed by atoms with Crippen LogP contribution in [0.25, 0.3) is 0 Å². The summed E-state index contributed by atoms with van der Waals surface area (Å²) in [4.78, 5) is 26.3. The number of rotatable bonds is 6. The van der Waals surface area contributed by atoms with Crippen LogP contribution in [0.5, 0.6) is 0 Å². The lowest BCUT2D eigenvalue weighted by Crippen LogP contribution is -2.46. The first-order valence-corrected chi connectivity index (χ1v) is 16.5. The van der Waals surface area contributed by atoms with E-state index >= 15 is 0 Å². The first-order chi connectivity index (χ1) is 13.4. The first kappa shape index (κ1) is 25.3. The van der Waals surface area contributed by atoms with Crippen LogP contribution in [0.15, 0.2) is 21.9 Å². The smallest absolute Gasteiger partial charge is 0.330 e. The molecular formula is C21H40N2O5Si2. The number of aromatic nitrogens is 2. The molecule has 1 aliphatic heterocycles. The Morgan fingerprint density at radius 1 is 1.07 bits per heavy atom. The van der Waals surface area contributed by atoms with Gasteiger partial charge in [0.15, 0.2) is 22.9 Å². The van der Waals surface area contributed by atoms with E-state index in [0.717, 1.165) is 0 Å². The zero-order valence-corrected chi connectivity index (χ0v) is 22.3. The summed E-state index contributed by atoms with van der Waals surface area (Å²) < 4.78 is 20.8. The van der Waals surface area contributed by atoms with Crippen LogP contribution in [0.1, 0.15) is 54.2 Å². The second-order valence-corrected chi connectivity index (χ2v) is 21.0. The molecular weight excluding hydrogens is 416 g/mol. The lowest BCUT2D eigenvalue weighted by molar-refractivity contribution is -0.0487. The predicted molar refractivity (Wildman–Crippen MR) is 125 cm³/mol. The minimum atomic E-state index is -2.09. The topological polar surface area (TPSA) is 82.5 Å². The summed E-state index contributed by atoms with van der Waals surface area (Å²) in [5.41, 5.74) is -0.906. The molecule has 172 valence electrons. The molecule has 0 amide bonds. The summed E-state index contributed by atoms with van der Waals surface area (Å²) in [6.07, 6.45) is 1.11. The average molecular weight is 457 g/mol. The van der Waals surface area contributed by atoms with Crippen LogP contribution >= 0.6 is 0 Å². The highest BCUT2D eigenvalue weighted by Gasteiger charge is 2.46. The molecule has 1 saturated heterocycles. The van der Waals surface area contributed by atoms with E-state index in [4.69, 9.17) is 13.6 Å². The minimum absolute atomic E-state index is 0.0310. The van der Waals surface area contributed by atoms with E-state index in [1.165, 1.54) is 16.8 Å². The number of ether oxygens (including phenoxy) is 1. The lowest BCUT2D eigenvalue weighted by atomic mass is 10.2. The van der Waals surface area contributed by atoms with Crippen molar-refractivity contribution in [3.05, 3.63) is 33.1 Å². The summed E-state index contributed by atoms with van der Waals surface area (Å²) in [7, 11) is -4.01. The molecule has 1 N–H and O–H groups in total. The second kappa shape index (κ2) is 8.50. The van der Waals surface area contributed by atoms with Crippen molar-refractivity contribution in [3.63, 3.8) is 0 Å². The van der Waals surface area contributed by atoms with Gasteiger partial charge in [0.25, 0.3) is 5.56 Å². The third-order valence-corrected chi connectivity index (χ3v) is 16.0. The van der Waals surface area contributed by atoms with E-state index in [9.17, 15) is 9.59 Å². The van der Waals surface area contributed by atoms with Gasteiger partial charge < -0.3 is 13.6 Å². The van der Waals surface area contributed by atoms with Gasteiger partial charge in [0.1, 0.15) is 0 Å². The molecule has 30 heavy (non-hydrogen) atoms. The summed E-state index contributed by atoms with van der Waals surface area (Å²) in [5.74, 6) is 0. The number of nitrogens with one attached hydrogen (secondary N) is 1. The van der Waals surface area contributed by atoms with E-state index < -0.39 is 34.1 Å². The van der Waals surface area contributed by atoms with Gasteiger partial charge in [-0.25, -0.2) is 4.79 Å². The van der Waals surface area contributed by atoms with Crippen molar-refractivity contribution in [1.29, 1.82) is 0 Å². The van der Waals surface area contributed by atoms with Gasteiger partial charge in [-0.3, -0.25) is 14.3 Å². The highest BCUT2D eigenvalue weighted by molar-refractivity contribution is 6.74. The van der Waals surface area contributed by atoms with Crippen LogP contribution < -0.4 is 11.2 Å². The van der Waals surface area contributed by atoms with Gasteiger partial charge in [-0.15, -0.1) is 0 Å². The number of aromatic amines is 1. The monoisotopic (exact) mass is 456 g/mol. The first-order valence-electron chi connectivity index (χ1n) is 10.7. The normalized spacial score (nSPS) is 23.7. The third kappa shape index (κ3) is 5.61. The standard InChI is InChI=1S/C21H40N2O5Si2/c1-20(2,3)29(7,8)26-14-15-13-16(28-30(9,10)21(4,5)6)18(27-15)23-12-11-17(24)22-19(23)25/h11-12,15-16,18H,13-14H2,1-10H3,(H,22,24,25)/t15-,16-,18-/m1/s1. The van der Waals surface area contributed by atoms with Crippen molar-refractivity contribution in [2.24, 2.45) is 0 Å². The Balaban J connectivity index is 2.28. The van der Waals surface area contributed by atoms with Crippen molar-refractivity contribution in [1.82, 2.24) is 9.55 Å². The van der Waals surface area contributed by atoms with Gasteiger partial charge >= 0.3 is 5.69 Å². The molecule has 3 atom stereocenters. The number of nitrogens with zero attached hydrogens (tertiary/aromatic N) is 1. The van der Waals surface area contributed by atoms with Gasteiger partial charge in [0.2, 0.25) is 0 Å². The van der Waals surface area contributed by atoms with Crippen molar-refractivity contribution in [2.75, 3.05) is 6.61 Å². The fourth-order valence-electron chi connectivity index (χ4n) is 2.87. The molecule has 9 heteroatoms. The molecule has 0 saturated carbocycles. The number of hydrogen-bond donors (Lipinski definition) is 1. The molecule has 0 radical (unpaired) electrons. The van der Waals surface area contributed by atoms with Crippen LogP contribution in [0.2, 0.25) is 36.3 Å². The van der Waals surface area contributed by atoms with Crippen molar-refractivity contribution < 1.29 is 13.6 Å². The van der Waals surface area contributed by atoms with E-state index in [2.05, 4.69) is 72.7 Å². The highest BCUT2D eigenvalue weighted by Crippen LogP contribution is 2.42. The molecule has 2 rings (SSSR count). The Labute approximate surface area is 182 Å². The maximum absolute atomic E-state index is 12.4. The molecule has 1 aliphatic rings. The van der Waals surface area contributed by atoms with Crippen LogP contribution in [-0.2, 0) is 13.6 Å². The Morgan fingerprint density at radius 2 is 1.63 bits per heavy atom. The van der Waals surface area contributed by atoms with Gasteiger partial charge in [-0.1, -0.05) is 41.5 Å². The summed E-state index contributed by atoms with van der Waals surface area (Å²) in [6.45, 7) is 22.5. The summed E-state index contributed by atoms with van der Waals surface area (Å²) in [6, 6.07) is 1.34. The Bertz CT molecular complexity index is 848. The van der Waals surface area contributed by atoms with Crippen LogP contribution in [0.3, 0.4) is 0 Å². The minimum Gasteiger partial charge on any atom is -0.414 e. The quantitative estimate of drug-likeness (QED) is 0.648. The van der Waals surface area contributed by atoms with Crippen LogP contribution in [0.4, 0.5) is 0 Å². The van der Waals surface area contributed by atoms with Gasteiger partial charge in [0.05, 0.1) is 18.8 Å². The van der Waals surface area contributed by atoms with E-state index in [-0.39, 0.29) is 22.3 Å². The maximum Gasteiger partial charge on any atom is 0.330 e. The second-order valence-electron chi connectivity index (χ2n) is 11.4. The maximum atomic E-state index is 12.4. The van der Waals surface area contributed by atoms with E-state index in [1.807, 2.05) is 0 Å². The predicted octanol–water partition coefficient (Wildman–Crippen LogP) is 4.24. The summed E-state index contributed by atoms with van der Waals surface area (Å²) in [5, 5.41) is 0.140. The molecule has 0 aromatic carbocycles. The largest absolute Gasteiger partial charge is 0.414 e. The third-order valence-electron chi connectivity index (χ3n) is 6.96. The zero-order chi connectivity index (χ0) is 23.1. The Morgan fingerprint density at radius 3 is 2.13 bits per heavy atom. The molecule has 1 aromatic heterocycles. The van der Waals surface area contributed by atoms with E-state index in [1.54, 1.807) is 0 Å². The zero-order valence-electron chi connectivity index (χ0n) is 20.3. The fourth-order valence-corrected chi connectivity index (χ4v) is 5.23. The number of hydrogen-bond acceptors (Lipinski definition) is 5. The molecule has 0 aliphatic carbocycles. The molecule has 1 fully saturated rings. The van der Waals surface area contributed by atoms with Crippen molar-refractivity contribution in [3.8, 4) is 0 Å². The number of H-pyrrole nitrogens is 1. The SMILES string of the molecule is CC(C)(C)[Si](C)(C)OC[C@H]1C[C@@H](O[Si](C)(C)C(C)(C)C)[C@H](n2ccc(=O)[nH]c2=O)O1. The molecule has 0 bridgehead atoms. The van der Waals surface area contributed by atoms with Gasteiger partial charge in [0, 0.05) is 18.7 Å². The van der Waals surface area contributed by atoms with Gasteiger partial charge in [-0.05, 0) is 36.3 Å². The molecule has 1 aromatic rings. The molecule has 0 spiro atoms. The van der Waals surface area contributed by atoms with Crippen molar-refractivity contribution in [2.45, 2.75) is 103 Å².